The van der Waals surface area contributed by atoms with Crippen LogP contribution in [0.3, 0.4) is 0 Å². The fourth-order valence-corrected chi connectivity index (χ4v) is 2.88. The second kappa shape index (κ2) is 6.33. The highest BCUT2D eigenvalue weighted by Crippen LogP contribution is 2.27. The second-order valence-corrected chi connectivity index (χ2v) is 5.51. The lowest BCUT2D eigenvalue weighted by Crippen LogP contribution is -2.14. The Morgan fingerprint density at radius 3 is 2.72 bits per heavy atom. The average Bonchev–Trinajstić information content (AvgIpc) is 2.36. The predicted molar refractivity (Wildman–Crippen MR) is 71.3 cm³/mol. The molecule has 18 heavy (non-hydrogen) atoms. The van der Waals surface area contributed by atoms with Crippen LogP contribution in [0.1, 0.15) is 44.1 Å². The highest BCUT2D eigenvalue weighted by atomic mass is 35.5. The van der Waals surface area contributed by atoms with E-state index in [0.29, 0.717) is 17.9 Å². The minimum atomic E-state index is -0.445. The lowest BCUT2D eigenvalue weighted by Gasteiger charge is -2.20. The smallest absolute Gasteiger partial charge is 0.142 e. The Hall–Kier alpha value is -0.890. The van der Waals surface area contributed by atoms with Crippen molar-refractivity contribution in [1.29, 1.82) is 0 Å². The van der Waals surface area contributed by atoms with Crippen molar-refractivity contribution in [3.63, 3.8) is 0 Å². The molecule has 0 N–H and O–H groups in total. The molecule has 0 aliphatic heterocycles. The molecule has 2 rings (SSSR count). The molecule has 0 spiro atoms. The van der Waals surface area contributed by atoms with E-state index in [2.05, 4.69) is 0 Å². The normalized spacial score (nSPS) is 16.8. The molecule has 0 unspecified atom stereocenters. The van der Waals surface area contributed by atoms with E-state index in [1.165, 1.54) is 25.3 Å². The van der Waals surface area contributed by atoms with Gasteiger partial charge in [0.1, 0.15) is 11.6 Å². The third-order valence-corrected chi connectivity index (χ3v) is 4.08. The monoisotopic (exact) mass is 268 g/mol. The number of rotatable bonds is 4. The first-order valence-corrected chi connectivity index (χ1v) is 6.99. The summed E-state index contributed by atoms with van der Waals surface area (Å²) < 4.78 is 13.2. The summed E-state index contributed by atoms with van der Waals surface area (Å²) in [7, 11) is 0. The van der Waals surface area contributed by atoms with E-state index in [1.807, 2.05) is 0 Å². The third-order valence-electron chi connectivity index (χ3n) is 3.66. The largest absolute Gasteiger partial charge is 0.299 e. The van der Waals surface area contributed by atoms with Crippen LogP contribution >= 0.6 is 11.6 Å². The van der Waals surface area contributed by atoms with Gasteiger partial charge in [0.2, 0.25) is 0 Å². The zero-order valence-corrected chi connectivity index (χ0v) is 11.2. The van der Waals surface area contributed by atoms with Crippen LogP contribution in [0, 0.1) is 11.7 Å². The van der Waals surface area contributed by atoms with Gasteiger partial charge in [-0.2, -0.15) is 0 Å². The molecular weight excluding hydrogens is 251 g/mol. The van der Waals surface area contributed by atoms with E-state index in [4.69, 9.17) is 11.6 Å². The van der Waals surface area contributed by atoms with E-state index in [0.717, 1.165) is 12.8 Å². The Bertz CT molecular complexity index is 425. The molecule has 1 aromatic rings. The highest BCUT2D eigenvalue weighted by molar-refractivity contribution is 6.31. The van der Waals surface area contributed by atoms with E-state index >= 15 is 0 Å². The summed E-state index contributed by atoms with van der Waals surface area (Å²) in [5, 5.41) is 0.0921. The summed E-state index contributed by atoms with van der Waals surface area (Å²) >= 11 is 5.85. The Labute approximate surface area is 112 Å². The van der Waals surface area contributed by atoms with Crippen molar-refractivity contribution in [3.05, 3.63) is 34.6 Å². The average molecular weight is 269 g/mol. The fourth-order valence-electron chi connectivity index (χ4n) is 2.68. The number of halogens is 2. The molecule has 0 bridgehead atoms. The number of benzene rings is 1. The van der Waals surface area contributed by atoms with Crippen molar-refractivity contribution >= 4 is 17.4 Å². The molecule has 0 saturated heterocycles. The zero-order valence-electron chi connectivity index (χ0n) is 10.4. The van der Waals surface area contributed by atoms with Gasteiger partial charge in [0.15, 0.2) is 0 Å². The third kappa shape index (κ3) is 3.55. The van der Waals surface area contributed by atoms with Gasteiger partial charge in [-0.1, -0.05) is 55.8 Å². The lowest BCUT2D eigenvalue weighted by molar-refractivity contribution is -0.119. The Morgan fingerprint density at radius 2 is 2.00 bits per heavy atom. The summed E-state index contributed by atoms with van der Waals surface area (Å²) in [6, 6.07) is 4.64. The van der Waals surface area contributed by atoms with Crippen LogP contribution < -0.4 is 0 Å². The molecule has 3 heteroatoms. The lowest BCUT2D eigenvalue weighted by atomic mass is 9.85. The van der Waals surface area contributed by atoms with E-state index < -0.39 is 5.82 Å². The molecule has 0 atom stereocenters. The maximum Gasteiger partial charge on any atom is 0.142 e. The Morgan fingerprint density at radius 1 is 1.28 bits per heavy atom. The molecule has 0 amide bonds. The van der Waals surface area contributed by atoms with Crippen LogP contribution in [-0.2, 0) is 11.2 Å². The van der Waals surface area contributed by atoms with Crippen LogP contribution in [-0.4, -0.2) is 5.78 Å². The van der Waals surface area contributed by atoms with Gasteiger partial charge in [-0.15, -0.1) is 0 Å². The molecule has 0 radical (unpaired) electrons. The predicted octanol–water partition coefficient (Wildman–Crippen LogP) is 4.56. The Kier molecular flexibility index (Phi) is 4.76. The van der Waals surface area contributed by atoms with Crippen molar-refractivity contribution in [3.8, 4) is 0 Å². The van der Waals surface area contributed by atoms with Gasteiger partial charge in [-0.25, -0.2) is 4.39 Å². The summed E-state index contributed by atoms with van der Waals surface area (Å²) in [6.45, 7) is 0. The summed E-state index contributed by atoms with van der Waals surface area (Å²) in [5.41, 5.74) is 0.609. The van der Waals surface area contributed by atoms with E-state index in [-0.39, 0.29) is 17.2 Å². The zero-order chi connectivity index (χ0) is 13.0. The number of hydrogen-bond acceptors (Lipinski definition) is 1. The number of carbonyl (C=O) groups excluding carboxylic acids is 1. The highest BCUT2D eigenvalue weighted by Gasteiger charge is 2.18. The first-order chi connectivity index (χ1) is 8.66. The molecule has 0 aromatic heterocycles. The van der Waals surface area contributed by atoms with Gasteiger partial charge in [0.25, 0.3) is 0 Å². The molecule has 1 aliphatic carbocycles. The van der Waals surface area contributed by atoms with Crippen molar-refractivity contribution in [2.45, 2.75) is 44.9 Å². The van der Waals surface area contributed by atoms with Crippen LogP contribution in [0.25, 0.3) is 0 Å². The second-order valence-electron chi connectivity index (χ2n) is 5.14. The summed E-state index contributed by atoms with van der Waals surface area (Å²) in [4.78, 5) is 12.0. The molecule has 1 nitrogen and oxygen atoms in total. The van der Waals surface area contributed by atoms with E-state index in [1.54, 1.807) is 12.1 Å². The van der Waals surface area contributed by atoms with Crippen LogP contribution in [0.2, 0.25) is 5.02 Å². The van der Waals surface area contributed by atoms with Gasteiger partial charge < -0.3 is 0 Å². The van der Waals surface area contributed by atoms with Crippen molar-refractivity contribution in [2.24, 2.45) is 5.92 Å². The quantitative estimate of drug-likeness (QED) is 0.782. The van der Waals surface area contributed by atoms with Crippen molar-refractivity contribution < 1.29 is 9.18 Å². The maximum atomic E-state index is 13.2. The fraction of sp³-hybridized carbons (Fsp3) is 0.533. The minimum absolute atomic E-state index is 0.0921. The van der Waals surface area contributed by atoms with Gasteiger partial charge in [-0.05, 0) is 17.5 Å². The molecule has 98 valence electrons. The maximum absolute atomic E-state index is 13.2. The van der Waals surface area contributed by atoms with E-state index in [9.17, 15) is 9.18 Å². The number of ketones is 1. The number of Topliss-reactive ketones (excluding diaryl/α,β-unsaturated/α-hetero) is 1. The first-order valence-electron chi connectivity index (χ1n) is 6.61. The van der Waals surface area contributed by atoms with Crippen molar-refractivity contribution in [1.82, 2.24) is 0 Å². The summed E-state index contributed by atoms with van der Waals surface area (Å²) in [5.74, 6) is 0.257. The SMILES string of the molecule is O=C(Cc1cccc(F)c1Cl)CC1CCCCC1. The minimum Gasteiger partial charge on any atom is -0.299 e. The first kappa shape index (κ1) is 13.5. The molecule has 1 fully saturated rings. The van der Waals surface area contributed by atoms with Gasteiger partial charge in [0, 0.05) is 12.8 Å². The van der Waals surface area contributed by atoms with Gasteiger partial charge in [0.05, 0.1) is 5.02 Å². The number of hydrogen-bond donors (Lipinski definition) is 0. The topological polar surface area (TPSA) is 17.1 Å². The van der Waals surface area contributed by atoms with Crippen LogP contribution in [0.4, 0.5) is 4.39 Å². The summed E-state index contributed by atoms with van der Waals surface area (Å²) in [6.07, 6.45) is 6.95. The van der Waals surface area contributed by atoms with Crippen molar-refractivity contribution in [2.75, 3.05) is 0 Å². The van der Waals surface area contributed by atoms with Gasteiger partial charge >= 0.3 is 0 Å². The van der Waals surface area contributed by atoms with Crippen LogP contribution in [0.5, 0.6) is 0 Å². The standard InChI is InChI=1S/C15H18ClFO/c16-15-12(7-4-8-14(15)17)10-13(18)9-11-5-2-1-3-6-11/h4,7-8,11H,1-3,5-6,9-10H2. The van der Waals surface area contributed by atoms with Crippen LogP contribution in [0.15, 0.2) is 18.2 Å². The number of carbonyl (C=O) groups is 1. The molecular formula is C15H18ClFO. The molecule has 1 aliphatic rings. The molecule has 1 saturated carbocycles. The molecule has 0 heterocycles. The molecule has 1 aromatic carbocycles. The van der Waals surface area contributed by atoms with Gasteiger partial charge in [-0.3, -0.25) is 4.79 Å². The Balaban J connectivity index is 1.92.